The molecule has 6 nitrogen and oxygen atoms in total. The topological polar surface area (TPSA) is 84.4 Å². The second kappa shape index (κ2) is 4.27. The molecule has 0 bridgehead atoms. The van der Waals surface area contributed by atoms with Crippen molar-refractivity contribution in [3.05, 3.63) is 27.9 Å². The van der Waals surface area contributed by atoms with E-state index < -0.39 is 5.97 Å². The van der Waals surface area contributed by atoms with Gasteiger partial charge in [-0.3, -0.25) is 5.10 Å². The molecule has 98 valence electrons. The SMILES string of the molecule is Cc1c(-c2cc(C(=O)O)[nH]n2)cc(Br)c2c1OCO2. The normalized spacial score (nSPS) is 12.7. The van der Waals surface area contributed by atoms with E-state index in [4.69, 9.17) is 14.6 Å². The number of nitrogens with zero attached hydrogens (tertiary/aromatic N) is 1. The summed E-state index contributed by atoms with van der Waals surface area (Å²) < 4.78 is 11.5. The summed E-state index contributed by atoms with van der Waals surface area (Å²) in [6.07, 6.45) is 0. The van der Waals surface area contributed by atoms with Crippen LogP contribution in [0.3, 0.4) is 0 Å². The number of carboxylic acids is 1. The van der Waals surface area contributed by atoms with E-state index in [0.29, 0.717) is 17.2 Å². The number of halogens is 1. The summed E-state index contributed by atoms with van der Waals surface area (Å²) in [5, 5.41) is 15.4. The lowest BCUT2D eigenvalue weighted by atomic mass is 10.0. The number of rotatable bonds is 2. The van der Waals surface area contributed by atoms with E-state index in [1.54, 1.807) is 0 Å². The van der Waals surface area contributed by atoms with Gasteiger partial charge in [-0.25, -0.2) is 4.79 Å². The van der Waals surface area contributed by atoms with E-state index in [2.05, 4.69) is 26.1 Å². The van der Waals surface area contributed by atoms with E-state index in [0.717, 1.165) is 15.6 Å². The zero-order valence-electron chi connectivity index (χ0n) is 9.86. The van der Waals surface area contributed by atoms with Crippen molar-refractivity contribution in [2.75, 3.05) is 6.79 Å². The molecule has 1 aromatic heterocycles. The number of carboxylic acid groups (broad SMARTS) is 1. The van der Waals surface area contributed by atoms with Crippen molar-refractivity contribution in [3.63, 3.8) is 0 Å². The van der Waals surface area contributed by atoms with Crippen LogP contribution in [0.4, 0.5) is 0 Å². The van der Waals surface area contributed by atoms with Crippen LogP contribution in [-0.2, 0) is 0 Å². The molecule has 0 spiro atoms. The number of aromatic carboxylic acids is 1. The highest BCUT2D eigenvalue weighted by Crippen LogP contribution is 2.45. The zero-order valence-corrected chi connectivity index (χ0v) is 11.4. The number of aromatic amines is 1. The van der Waals surface area contributed by atoms with E-state index in [1.807, 2.05) is 13.0 Å². The molecule has 0 atom stereocenters. The van der Waals surface area contributed by atoms with Crippen molar-refractivity contribution in [2.24, 2.45) is 0 Å². The maximum atomic E-state index is 10.9. The summed E-state index contributed by atoms with van der Waals surface area (Å²) in [5.74, 6) is 0.274. The van der Waals surface area contributed by atoms with Crippen LogP contribution in [0.2, 0.25) is 0 Å². The van der Waals surface area contributed by atoms with Gasteiger partial charge in [0.05, 0.1) is 10.2 Å². The lowest BCUT2D eigenvalue weighted by Crippen LogP contribution is -1.95. The third-order valence-corrected chi connectivity index (χ3v) is 3.52. The molecular weight excluding hydrogens is 316 g/mol. The minimum absolute atomic E-state index is 0.0446. The number of ether oxygens (including phenoxy) is 2. The van der Waals surface area contributed by atoms with Crippen molar-refractivity contribution in [2.45, 2.75) is 6.92 Å². The summed E-state index contributed by atoms with van der Waals surface area (Å²) in [6.45, 7) is 2.06. The van der Waals surface area contributed by atoms with E-state index >= 15 is 0 Å². The molecule has 0 aliphatic carbocycles. The van der Waals surface area contributed by atoms with Crippen LogP contribution in [0.5, 0.6) is 11.5 Å². The molecule has 7 heteroatoms. The van der Waals surface area contributed by atoms with Gasteiger partial charge in [0.25, 0.3) is 0 Å². The highest BCUT2D eigenvalue weighted by molar-refractivity contribution is 9.10. The first-order valence-corrected chi connectivity index (χ1v) is 6.25. The summed E-state index contributed by atoms with van der Waals surface area (Å²) in [7, 11) is 0. The molecule has 2 N–H and O–H groups in total. The van der Waals surface area contributed by atoms with Gasteiger partial charge in [-0.2, -0.15) is 5.10 Å². The number of aromatic nitrogens is 2. The first-order valence-electron chi connectivity index (χ1n) is 5.45. The van der Waals surface area contributed by atoms with E-state index in [9.17, 15) is 4.79 Å². The minimum Gasteiger partial charge on any atom is -0.477 e. The molecule has 0 saturated carbocycles. The molecule has 2 heterocycles. The Morgan fingerprint density at radius 3 is 2.84 bits per heavy atom. The number of hydrogen-bond donors (Lipinski definition) is 2. The molecular formula is C12H9BrN2O4. The van der Waals surface area contributed by atoms with Gasteiger partial charge >= 0.3 is 5.97 Å². The fourth-order valence-corrected chi connectivity index (χ4v) is 2.52. The van der Waals surface area contributed by atoms with Gasteiger partial charge in [0.1, 0.15) is 5.69 Å². The molecule has 0 unspecified atom stereocenters. The first-order chi connectivity index (χ1) is 9.08. The van der Waals surface area contributed by atoms with Gasteiger partial charge in [-0.15, -0.1) is 0 Å². The van der Waals surface area contributed by atoms with Crippen LogP contribution in [0.25, 0.3) is 11.3 Å². The molecule has 0 radical (unpaired) electrons. The Kier molecular flexibility index (Phi) is 2.70. The van der Waals surface area contributed by atoms with Crippen LogP contribution >= 0.6 is 15.9 Å². The second-order valence-corrected chi connectivity index (χ2v) is 4.92. The summed E-state index contributed by atoms with van der Waals surface area (Å²) in [4.78, 5) is 10.9. The Morgan fingerprint density at radius 1 is 1.42 bits per heavy atom. The highest BCUT2D eigenvalue weighted by Gasteiger charge is 2.23. The number of hydrogen-bond acceptors (Lipinski definition) is 4. The Bertz CT molecular complexity index is 681. The molecule has 3 rings (SSSR count). The molecule has 0 fully saturated rings. The van der Waals surface area contributed by atoms with Gasteiger partial charge in [-0.1, -0.05) is 0 Å². The van der Waals surface area contributed by atoms with Crippen molar-refractivity contribution in [1.29, 1.82) is 0 Å². The predicted octanol–water partition coefficient (Wildman–Crippen LogP) is 2.57. The molecule has 0 saturated heterocycles. The van der Waals surface area contributed by atoms with Crippen molar-refractivity contribution in [1.82, 2.24) is 10.2 Å². The standard InChI is InChI=1S/C12H9BrN2O4/c1-5-6(8-3-9(12(16)17)15-14-8)2-7(13)11-10(5)18-4-19-11/h2-3H,4H2,1H3,(H,14,15)(H,16,17). The quantitative estimate of drug-likeness (QED) is 0.886. The molecule has 1 aliphatic rings. The van der Waals surface area contributed by atoms with E-state index in [-0.39, 0.29) is 12.5 Å². The predicted molar refractivity (Wildman–Crippen MR) is 69.5 cm³/mol. The first kappa shape index (κ1) is 12.0. The van der Waals surface area contributed by atoms with Gasteiger partial charge in [0.2, 0.25) is 6.79 Å². The van der Waals surface area contributed by atoms with Crippen LogP contribution in [-0.4, -0.2) is 28.1 Å². The lowest BCUT2D eigenvalue weighted by molar-refractivity contribution is 0.0690. The van der Waals surface area contributed by atoms with Gasteiger partial charge in [0, 0.05) is 11.1 Å². The summed E-state index contributed by atoms with van der Waals surface area (Å²) in [5.41, 5.74) is 2.25. The molecule has 1 aromatic carbocycles. The highest BCUT2D eigenvalue weighted by atomic mass is 79.9. The maximum Gasteiger partial charge on any atom is 0.353 e. The fraction of sp³-hybridized carbons (Fsp3) is 0.167. The summed E-state index contributed by atoms with van der Waals surface area (Å²) >= 11 is 3.41. The van der Waals surface area contributed by atoms with Gasteiger partial charge in [0.15, 0.2) is 11.5 Å². The third-order valence-electron chi connectivity index (χ3n) is 2.93. The van der Waals surface area contributed by atoms with Crippen LogP contribution in [0.1, 0.15) is 16.1 Å². The number of fused-ring (bicyclic) bond motifs is 1. The monoisotopic (exact) mass is 324 g/mol. The van der Waals surface area contributed by atoms with Gasteiger partial charge in [-0.05, 0) is 35.0 Å². The Morgan fingerprint density at radius 2 is 2.16 bits per heavy atom. The average molecular weight is 325 g/mol. The van der Waals surface area contributed by atoms with Crippen LogP contribution in [0, 0.1) is 6.92 Å². The fourth-order valence-electron chi connectivity index (χ4n) is 1.99. The molecule has 2 aromatic rings. The molecule has 1 aliphatic heterocycles. The Labute approximate surface area is 116 Å². The number of H-pyrrole nitrogens is 1. The summed E-state index contributed by atoms with van der Waals surface area (Å²) in [6, 6.07) is 3.32. The molecule has 0 amide bonds. The van der Waals surface area contributed by atoms with Gasteiger partial charge < -0.3 is 14.6 Å². The van der Waals surface area contributed by atoms with Crippen LogP contribution < -0.4 is 9.47 Å². The zero-order chi connectivity index (χ0) is 13.6. The van der Waals surface area contributed by atoms with Crippen molar-refractivity contribution < 1.29 is 19.4 Å². The maximum absolute atomic E-state index is 10.9. The van der Waals surface area contributed by atoms with Crippen molar-refractivity contribution >= 4 is 21.9 Å². The lowest BCUT2D eigenvalue weighted by Gasteiger charge is -2.08. The molecule has 19 heavy (non-hydrogen) atoms. The number of nitrogens with one attached hydrogen (secondary N) is 1. The number of carbonyl (C=O) groups is 1. The van der Waals surface area contributed by atoms with Crippen LogP contribution in [0.15, 0.2) is 16.6 Å². The minimum atomic E-state index is -1.05. The van der Waals surface area contributed by atoms with Crippen molar-refractivity contribution in [3.8, 4) is 22.8 Å². The van der Waals surface area contributed by atoms with E-state index in [1.165, 1.54) is 6.07 Å². The Balaban J connectivity index is 2.15. The average Bonchev–Trinajstić information content (AvgIpc) is 3.01. The number of benzene rings is 1. The largest absolute Gasteiger partial charge is 0.477 e. The third kappa shape index (κ3) is 1.86. The Hall–Kier alpha value is -2.02. The smallest absolute Gasteiger partial charge is 0.353 e. The second-order valence-electron chi connectivity index (χ2n) is 4.07.